The van der Waals surface area contributed by atoms with Crippen LogP contribution in [0.5, 0.6) is 0 Å². The van der Waals surface area contributed by atoms with Gasteiger partial charge in [-0.05, 0) is 24.7 Å². The van der Waals surface area contributed by atoms with E-state index in [0.717, 1.165) is 13.0 Å². The topological polar surface area (TPSA) is 49.8 Å². The molecule has 0 spiro atoms. The van der Waals surface area contributed by atoms with Gasteiger partial charge in [0.25, 0.3) is 0 Å². The first-order valence-corrected chi connectivity index (χ1v) is 7.21. The minimum absolute atomic E-state index is 0.186. The average Bonchev–Trinajstić information content (AvgIpc) is 2.29. The van der Waals surface area contributed by atoms with Crippen molar-refractivity contribution in [1.82, 2.24) is 4.90 Å². The van der Waals surface area contributed by atoms with Crippen molar-refractivity contribution in [1.29, 1.82) is 0 Å². The van der Waals surface area contributed by atoms with Gasteiger partial charge in [-0.2, -0.15) is 0 Å². The van der Waals surface area contributed by atoms with E-state index in [1.165, 1.54) is 30.6 Å². The Morgan fingerprint density at radius 1 is 1.39 bits per heavy atom. The lowest BCUT2D eigenvalue weighted by atomic mass is 9.67. The summed E-state index contributed by atoms with van der Waals surface area (Å²) in [5.74, 6) is 1.19. The molecule has 0 radical (unpaired) electrons. The fraction of sp³-hybridized carbons (Fsp3) is 0.929. The van der Waals surface area contributed by atoms with E-state index in [2.05, 4.69) is 13.8 Å². The average molecular weight is 255 g/mol. The zero-order valence-corrected chi connectivity index (χ0v) is 11.5. The Balaban J connectivity index is 2.03. The summed E-state index contributed by atoms with van der Waals surface area (Å²) < 4.78 is 6.10. The molecule has 2 unspecified atom stereocenters. The number of amides is 1. The van der Waals surface area contributed by atoms with Crippen LogP contribution in [-0.2, 0) is 4.74 Å². The van der Waals surface area contributed by atoms with Gasteiger partial charge in [0, 0.05) is 6.61 Å². The first-order chi connectivity index (χ1) is 8.59. The fourth-order valence-electron chi connectivity index (χ4n) is 3.57. The second-order valence-corrected chi connectivity index (χ2v) is 5.92. The van der Waals surface area contributed by atoms with Crippen molar-refractivity contribution >= 4 is 6.09 Å². The van der Waals surface area contributed by atoms with Crippen molar-refractivity contribution in [2.75, 3.05) is 19.7 Å². The molecule has 104 valence electrons. The second kappa shape index (κ2) is 5.47. The largest absolute Gasteiger partial charge is 0.465 e. The first kappa shape index (κ1) is 13.7. The number of rotatable bonds is 4. The van der Waals surface area contributed by atoms with Gasteiger partial charge in [-0.3, -0.25) is 0 Å². The minimum Gasteiger partial charge on any atom is -0.465 e. The molecule has 1 saturated carbocycles. The van der Waals surface area contributed by atoms with Crippen molar-refractivity contribution in [2.24, 2.45) is 11.8 Å². The van der Waals surface area contributed by atoms with Crippen LogP contribution in [0.15, 0.2) is 0 Å². The van der Waals surface area contributed by atoms with Crippen LogP contribution in [0.1, 0.15) is 46.0 Å². The molecule has 4 heteroatoms. The normalized spacial score (nSPS) is 30.9. The van der Waals surface area contributed by atoms with Crippen LogP contribution < -0.4 is 0 Å². The Bertz CT molecular complexity index is 299. The van der Waals surface area contributed by atoms with E-state index in [1.807, 2.05) is 0 Å². The predicted molar refractivity (Wildman–Crippen MR) is 69.7 cm³/mol. The zero-order chi connectivity index (χ0) is 13.2. The van der Waals surface area contributed by atoms with Crippen molar-refractivity contribution in [3.8, 4) is 0 Å². The van der Waals surface area contributed by atoms with Crippen molar-refractivity contribution in [3.05, 3.63) is 0 Å². The van der Waals surface area contributed by atoms with Gasteiger partial charge in [-0.25, -0.2) is 4.79 Å². The monoisotopic (exact) mass is 255 g/mol. The van der Waals surface area contributed by atoms with Crippen LogP contribution in [-0.4, -0.2) is 41.4 Å². The SMILES string of the molecule is CCCOC1(C2CCCCC2C)CN(C(=O)O)C1. The lowest BCUT2D eigenvalue weighted by Gasteiger charge is -2.55. The number of hydrogen-bond acceptors (Lipinski definition) is 2. The molecule has 1 N–H and O–H groups in total. The molecule has 0 bridgehead atoms. The molecule has 1 amide bonds. The van der Waals surface area contributed by atoms with Crippen molar-refractivity contribution < 1.29 is 14.6 Å². The molecule has 1 saturated heterocycles. The van der Waals surface area contributed by atoms with Gasteiger partial charge in [0.2, 0.25) is 0 Å². The van der Waals surface area contributed by atoms with E-state index in [9.17, 15) is 4.79 Å². The summed E-state index contributed by atoms with van der Waals surface area (Å²) in [5.41, 5.74) is -0.186. The quantitative estimate of drug-likeness (QED) is 0.840. The maximum Gasteiger partial charge on any atom is 0.407 e. The number of carboxylic acid groups (broad SMARTS) is 1. The molecular formula is C14H25NO3. The predicted octanol–water partition coefficient (Wildman–Crippen LogP) is 2.97. The van der Waals surface area contributed by atoms with Crippen LogP contribution in [0.4, 0.5) is 4.79 Å². The highest BCUT2D eigenvalue weighted by Crippen LogP contribution is 2.44. The third-order valence-electron chi connectivity index (χ3n) is 4.57. The number of carbonyl (C=O) groups is 1. The molecule has 0 aromatic rings. The Morgan fingerprint density at radius 3 is 2.61 bits per heavy atom. The number of hydrogen-bond donors (Lipinski definition) is 1. The molecule has 2 atom stereocenters. The third-order valence-corrected chi connectivity index (χ3v) is 4.57. The smallest absolute Gasteiger partial charge is 0.407 e. The zero-order valence-electron chi connectivity index (χ0n) is 11.5. The molecule has 0 aromatic carbocycles. The van der Waals surface area contributed by atoms with Crippen LogP contribution in [0.3, 0.4) is 0 Å². The molecule has 1 aliphatic carbocycles. The van der Waals surface area contributed by atoms with Gasteiger partial charge in [-0.1, -0.05) is 33.1 Å². The number of ether oxygens (including phenoxy) is 1. The molecule has 2 aliphatic rings. The standard InChI is InChI=1S/C14H25NO3/c1-3-8-18-14(9-15(10-14)13(16)17)12-7-5-4-6-11(12)2/h11-12H,3-10H2,1-2H3,(H,16,17). The summed E-state index contributed by atoms with van der Waals surface area (Å²) in [5, 5.41) is 9.03. The van der Waals surface area contributed by atoms with E-state index < -0.39 is 6.09 Å². The van der Waals surface area contributed by atoms with Crippen molar-refractivity contribution in [2.45, 2.75) is 51.6 Å². The van der Waals surface area contributed by atoms with Gasteiger partial charge >= 0.3 is 6.09 Å². The molecule has 2 rings (SSSR count). The van der Waals surface area contributed by atoms with Crippen molar-refractivity contribution in [3.63, 3.8) is 0 Å². The molecule has 1 aliphatic heterocycles. The highest BCUT2D eigenvalue weighted by atomic mass is 16.5. The molecule has 2 fully saturated rings. The third kappa shape index (κ3) is 2.48. The lowest BCUT2D eigenvalue weighted by molar-refractivity contribution is -0.181. The van der Waals surface area contributed by atoms with Crippen LogP contribution in [0, 0.1) is 11.8 Å². The first-order valence-electron chi connectivity index (χ1n) is 7.21. The van der Waals surface area contributed by atoms with Gasteiger partial charge in [0.15, 0.2) is 0 Å². The van der Waals surface area contributed by atoms with Crippen LogP contribution >= 0.6 is 0 Å². The lowest BCUT2D eigenvalue weighted by Crippen LogP contribution is -2.69. The maximum atomic E-state index is 11.0. The van der Waals surface area contributed by atoms with E-state index in [1.54, 1.807) is 0 Å². The summed E-state index contributed by atoms with van der Waals surface area (Å²) in [6, 6.07) is 0. The van der Waals surface area contributed by atoms with E-state index in [4.69, 9.17) is 9.84 Å². The van der Waals surface area contributed by atoms with Crippen LogP contribution in [0.25, 0.3) is 0 Å². The summed E-state index contributed by atoms with van der Waals surface area (Å²) >= 11 is 0. The van der Waals surface area contributed by atoms with Gasteiger partial charge in [0.05, 0.1) is 13.1 Å². The summed E-state index contributed by atoms with van der Waals surface area (Å²) in [6.45, 7) is 6.28. The van der Waals surface area contributed by atoms with Gasteiger partial charge in [0.1, 0.15) is 5.60 Å². The van der Waals surface area contributed by atoms with Gasteiger partial charge in [-0.15, -0.1) is 0 Å². The molecule has 1 heterocycles. The Morgan fingerprint density at radius 2 is 2.06 bits per heavy atom. The molecule has 0 aromatic heterocycles. The Hall–Kier alpha value is -0.770. The Labute approximate surface area is 109 Å². The van der Waals surface area contributed by atoms with E-state index >= 15 is 0 Å². The van der Waals surface area contributed by atoms with Crippen LogP contribution in [0.2, 0.25) is 0 Å². The second-order valence-electron chi connectivity index (χ2n) is 5.92. The maximum absolute atomic E-state index is 11.0. The summed E-state index contributed by atoms with van der Waals surface area (Å²) in [6.07, 6.45) is 5.21. The van der Waals surface area contributed by atoms with Gasteiger partial charge < -0.3 is 14.7 Å². The molecule has 4 nitrogen and oxygen atoms in total. The Kier molecular flexibility index (Phi) is 4.15. The van der Waals surface area contributed by atoms with E-state index in [0.29, 0.717) is 24.9 Å². The number of nitrogens with zero attached hydrogens (tertiary/aromatic N) is 1. The molecular weight excluding hydrogens is 230 g/mol. The molecule has 18 heavy (non-hydrogen) atoms. The minimum atomic E-state index is -0.811. The highest BCUT2D eigenvalue weighted by molar-refractivity contribution is 5.66. The summed E-state index contributed by atoms with van der Waals surface area (Å²) in [7, 11) is 0. The number of likely N-dealkylation sites (tertiary alicyclic amines) is 1. The summed E-state index contributed by atoms with van der Waals surface area (Å²) in [4.78, 5) is 12.5. The fourth-order valence-corrected chi connectivity index (χ4v) is 3.57. The highest BCUT2D eigenvalue weighted by Gasteiger charge is 2.53. The van der Waals surface area contributed by atoms with E-state index in [-0.39, 0.29) is 5.60 Å².